The molecule has 0 aliphatic carbocycles. The minimum Gasteiger partial charge on any atom is -0.394 e. The number of amides is 1. The predicted octanol–water partition coefficient (Wildman–Crippen LogP) is 3.46. The van der Waals surface area contributed by atoms with Crippen LogP contribution in [-0.4, -0.2) is 29.7 Å². The lowest BCUT2D eigenvalue weighted by atomic mass is 10.1. The Kier molecular flexibility index (Phi) is 7.42. The SMILES string of the molecule is C=CCC(CO)NC(=O)c1cc(NC(C)C(C)C)ccc1Cl. The first kappa shape index (κ1) is 18.5. The molecule has 0 spiro atoms. The molecule has 5 heteroatoms. The van der Waals surface area contributed by atoms with Gasteiger partial charge in [-0.3, -0.25) is 4.79 Å². The van der Waals surface area contributed by atoms with Gasteiger partial charge in [-0.15, -0.1) is 6.58 Å². The molecule has 0 bridgehead atoms. The molecular formula is C17H25ClN2O2. The zero-order valence-corrected chi connectivity index (χ0v) is 14.2. The Labute approximate surface area is 137 Å². The monoisotopic (exact) mass is 324 g/mol. The molecule has 2 atom stereocenters. The second-order valence-corrected chi connectivity index (χ2v) is 6.16. The average Bonchev–Trinajstić information content (AvgIpc) is 2.48. The van der Waals surface area contributed by atoms with Gasteiger partial charge in [-0.25, -0.2) is 0 Å². The van der Waals surface area contributed by atoms with Gasteiger partial charge >= 0.3 is 0 Å². The molecule has 22 heavy (non-hydrogen) atoms. The number of anilines is 1. The highest BCUT2D eigenvalue weighted by atomic mass is 35.5. The van der Waals surface area contributed by atoms with E-state index in [1.54, 1.807) is 18.2 Å². The van der Waals surface area contributed by atoms with Crippen molar-refractivity contribution in [1.29, 1.82) is 0 Å². The fraction of sp³-hybridized carbons (Fsp3) is 0.471. The summed E-state index contributed by atoms with van der Waals surface area (Å²) in [4.78, 5) is 12.3. The van der Waals surface area contributed by atoms with Crippen molar-refractivity contribution in [1.82, 2.24) is 5.32 Å². The summed E-state index contributed by atoms with van der Waals surface area (Å²) < 4.78 is 0. The van der Waals surface area contributed by atoms with Gasteiger partial charge in [0, 0.05) is 11.7 Å². The quantitative estimate of drug-likeness (QED) is 0.642. The number of hydrogen-bond donors (Lipinski definition) is 3. The van der Waals surface area contributed by atoms with Crippen LogP contribution in [0.1, 0.15) is 37.6 Å². The van der Waals surface area contributed by atoms with Gasteiger partial charge in [0.1, 0.15) is 0 Å². The van der Waals surface area contributed by atoms with Gasteiger partial charge in [0.15, 0.2) is 0 Å². The molecule has 122 valence electrons. The van der Waals surface area contributed by atoms with Crippen LogP contribution in [-0.2, 0) is 0 Å². The molecule has 0 aromatic heterocycles. The third kappa shape index (κ3) is 5.35. The van der Waals surface area contributed by atoms with E-state index >= 15 is 0 Å². The van der Waals surface area contributed by atoms with E-state index in [1.807, 2.05) is 6.07 Å². The van der Waals surface area contributed by atoms with Gasteiger partial charge in [-0.2, -0.15) is 0 Å². The van der Waals surface area contributed by atoms with E-state index in [9.17, 15) is 9.90 Å². The summed E-state index contributed by atoms with van der Waals surface area (Å²) in [6.07, 6.45) is 2.16. The Morgan fingerprint density at radius 3 is 2.64 bits per heavy atom. The summed E-state index contributed by atoms with van der Waals surface area (Å²) in [5, 5.41) is 15.7. The molecule has 4 nitrogen and oxygen atoms in total. The van der Waals surface area contributed by atoms with Crippen molar-refractivity contribution in [3.63, 3.8) is 0 Å². The third-order valence-electron chi connectivity index (χ3n) is 3.61. The number of carbonyl (C=O) groups is 1. The van der Waals surface area contributed by atoms with Gasteiger partial charge in [-0.05, 0) is 37.5 Å². The Balaban J connectivity index is 2.89. The number of hydrogen-bond acceptors (Lipinski definition) is 3. The zero-order chi connectivity index (χ0) is 16.7. The van der Waals surface area contributed by atoms with E-state index in [4.69, 9.17) is 11.6 Å². The minimum absolute atomic E-state index is 0.141. The van der Waals surface area contributed by atoms with Crippen molar-refractivity contribution < 1.29 is 9.90 Å². The molecule has 1 amide bonds. The zero-order valence-electron chi connectivity index (χ0n) is 13.4. The van der Waals surface area contributed by atoms with Crippen LogP contribution >= 0.6 is 11.6 Å². The molecule has 3 N–H and O–H groups in total. The number of aliphatic hydroxyl groups excluding tert-OH is 1. The lowest BCUT2D eigenvalue weighted by Gasteiger charge is -2.20. The predicted molar refractivity (Wildman–Crippen MR) is 92.5 cm³/mol. The second-order valence-electron chi connectivity index (χ2n) is 5.75. The number of nitrogens with one attached hydrogen (secondary N) is 2. The number of aliphatic hydroxyl groups is 1. The summed E-state index contributed by atoms with van der Waals surface area (Å²) in [5.41, 5.74) is 1.24. The highest BCUT2D eigenvalue weighted by molar-refractivity contribution is 6.34. The van der Waals surface area contributed by atoms with Gasteiger partial charge in [-0.1, -0.05) is 31.5 Å². The Morgan fingerprint density at radius 2 is 2.09 bits per heavy atom. The van der Waals surface area contributed by atoms with Crippen LogP contribution in [0.5, 0.6) is 0 Å². The average molecular weight is 325 g/mol. The van der Waals surface area contributed by atoms with E-state index in [0.29, 0.717) is 22.9 Å². The van der Waals surface area contributed by atoms with Crippen molar-refractivity contribution in [2.24, 2.45) is 5.92 Å². The van der Waals surface area contributed by atoms with E-state index in [2.05, 4.69) is 38.0 Å². The van der Waals surface area contributed by atoms with E-state index in [-0.39, 0.29) is 24.6 Å². The molecule has 1 rings (SSSR count). The summed E-state index contributed by atoms with van der Waals surface area (Å²) in [6, 6.07) is 5.22. The topological polar surface area (TPSA) is 61.4 Å². The first-order chi connectivity index (χ1) is 10.4. The Morgan fingerprint density at radius 1 is 1.41 bits per heavy atom. The summed E-state index contributed by atoms with van der Waals surface area (Å²) in [5.74, 6) is 0.172. The molecule has 0 radical (unpaired) electrons. The van der Waals surface area contributed by atoms with Crippen molar-refractivity contribution >= 4 is 23.2 Å². The molecular weight excluding hydrogens is 300 g/mol. The number of benzene rings is 1. The summed E-state index contributed by atoms with van der Waals surface area (Å²) >= 11 is 6.12. The molecule has 1 aromatic carbocycles. The largest absolute Gasteiger partial charge is 0.394 e. The standard InChI is InChI=1S/C17H25ClN2O2/c1-5-6-14(10-21)20-17(22)15-9-13(7-8-16(15)18)19-12(4)11(2)3/h5,7-9,11-12,14,19,21H,1,6,10H2,2-4H3,(H,20,22). The smallest absolute Gasteiger partial charge is 0.253 e. The minimum atomic E-state index is -0.354. The first-order valence-corrected chi connectivity index (χ1v) is 7.85. The molecule has 0 fully saturated rings. The van der Waals surface area contributed by atoms with Crippen LogP contribution in [0.2, 0.25) is 5.02 Å². The van der Waals surface area contributed by atoms with E-state index < -0.39 is 0 Å². The van der Waals surface area contributed by atoms with Gasteiger partial charge in [0.05, 0.1) is 23.2 Å². The molecule has 0 heterocycles. The maximum atomic E-state index is 12.3. The Hall–Kier alpha value is -1.52. The summed E-state index contributed by atoms with van der Waals surface area (Å²) in [6.45, 7) is 9.81. The van der Waals surface area contributed by atoms with E-state index in [1.165, 1.54) is 0 Å². The maximum absolute atomic E-state index is 12.3. The van der Waals surface area contributed by atoms with Crippen LogP contribution in [0.25, 0.3) is 0 Å². The van der Waals surface area contributed by atoms with Gasteiger partial charge in [0.2, 0.25) is 0 Å². The third-order valence-corrected chi connectivity index (χ3v) is 3.94. The highest BCUT2D eigenvalue weighted by Gasteiger charge is 2.16. The molecule has 2 unspecified atom stereocenters. The first-order valence-electron chi connectivity index (χ1n) is 7.47. The van der Waals surface area contributed by atoms with Crippen LogP contribution in [0.15, 0.2) is 30.9 Å². The fourth-order valence-electron chi connectivity index (χ4n) is 1.86. The van der Waals surface area contributed by atoms with Crippen LogP contribution in [0, 0.1) is 5.92 Å². The second kappa shape index (κ2) is 8.81. The van der Waals surface area contributed by atoms with Crippen molar-refractivity contribution in [3.05, 3.63) is 41.4 Å². The lowest BCUT2D eigenvalue weighted by molar-refractivity contribution is 0.0917. The van der Waals surface area contributed by atoms with Crippen LogP contribution in [0.3, 0.4) is 0 Å². The van der Waals surface area contributed by atoms with Crippen molar-refractivity contribution in [2.75, 3.05) is 11.9 Å². The number of halogens is 1. The normalized spacial score (nSPS) is 13.5. The van der Waals surface area contributed by atoms with Gasteiger partial charge in [0.25, 0.3) is 5.91 Å². The van der Waals surface area contributed by atoms with Crippen molar-refractivity contribution in [2.45, 2.75) is 39.3 Å². The highest BCUT2D eigenvalue weighted by Crippen LogP contribution is 2.22. The number of carbonyl (C=O) groups excluding carboxylic acids is 1. The number of rotatable bonds is 8. The van der Waals surface area contributed by atoms with Gasteiger partial charge < -0.3 is 15.7 Å². The lowest BCUT2D eigenvalue weighted by Crippen LogP contribution is -2.37. The van der Waals surface area contributed by atoms with Crippen molar-refractivity contribution in [3.8, 4) is 0 Å². The fourth-order valence-corrected chi connectivity index (χ4v) is 2.07. The molecule has 0 aliphatic rings. The Bertz CT molecular complexity index is 517. The molecule has 1 aromatic rings. The van der Waals surface area contributed by atoms with Crippen LogP contribution in [0.4, 0.5) is 5.69 Å². The summed E-state index contributed by atoms with van der Waals surface area (Å²) in [7, 11) is 0. The maximum Gasteiger partial charge on any atom is 0.253 e. The van der Waals surface area contributed by atoms with Crippen LogP contribution < -0.4 is 10.6 Å². The molecule has 0 saturated heterocycles. The molecule has 0 aliphatic heterocycles. The molecule has 0 saturated carbocycles. The van der Waals surface area contributed by atoms with E-state index in [0.717, 1.165) is 5.69 Å².